The van der Waals surface area contributed by atoms with Crippen molar-refractivity contribution in [1.82, 2.24) is 19.6 Å². The summed E-state index contributed by atoms with van der Waals surface area (Å²) in [7, 11) is 1.10. The molecule has 0 saturated heterocycles. The number of nitrogens with one attached hydrogen (secondary N) is 1. The van der Waals surface area contributed by atoms with Crippen molar-refractivity contribution in [2.75, 3.05) is 5.32 Å². The van der Waals surface area contributed by atoms with E-state index in [0.29, 0.717) is 22.3 Å². The largest absolute Gasteiger partial charge is 0.433 e. The van der Waals surface area contributed by atoms with Crippen molar-refractivity contribution in [1.29, 1.82) is 0 Å². The zero-order valence-electron chi connectivity index (χ0n) is 13.8. The van der Waals surface area contributed by atoms with E-state index in [4.69, 9.17) is 23.2 Å². The number of hydrogen-bond acceptors (Lipinski definition) is 3. The minimum absolute atomic E-state index is 0.0230. The lowest BCUT2D eigenvalue weighted by molar-refractivity contribution is -0.143. The highest BCUT2D eigenvalue weighted by molar-refractivity contribution is 6.33. The van der Waals surface area contributed by atoms with Gasteiger partial charge in [0.25, 0.3) is 5.91 Å². The van der Waals surface area contributed by atoms with Crippen LogP contribution in [0.3, 0.4) is 0 Å². The van der Waals surface area contributed by atoms with Gasteiger partial charge in [-0.1, -0.05) is 35.3 Å². The van der Waals surface area contributed by atoms with Gasteiger partial charge in [-0.2, -0.15) is 23.4 Å². The number of carbonyl (C=O) groups is 1. The number of aromatic nitrogens is 4. The number of carbonyl (C=O) groups excluding carboxylic acids is 1. The molecule has 0 aliphatic heterocycles. The van der Waals surface area contributed by atoms with E-state index >= 15 is 0 Å². The predicted molar refractivity (Wildman–Crippen MR) is 94.0 cm³/mol. The normalized spacial score (nSPS) is 11.6. The summed E-state index contributed by atoms with van der Waals surface area (Å²) < 4.78 is 40.5. The topological polar surface area (TPSA) is 64.7 Å². The summed E-state index contributed by atoms with van der Waals surface area (Å²) in [6, 6.07) is 7.73. The second-order valence-electron chi connectivity index (χ2n) is 5.64. The Labute approximate surface area is 161 Å². The quantitative estimate of drug-likeness (QED) is 0.690. The molecule has 1 amide bonds. The van der Waals surface area contributed by atoms with Gasteiger partial charge in [0, 0.05) is 24.3 Å². The van der Waals surface area contributed by atoms with Crippen LogP contribution in [0.4, 0.5) is 19.0 Å². The summed E-state index contributed by atoms with van der Waals surface area (Å²) >= 11 is 11.9. The lowest BCUT2D eigenvalue weighted by atomic mass is 10.2. The van der Waals surface area contributed by atoms with E-state index in [1.165, 1.54) is 10.9 Å². The molecule has 0 aliphatic rings. The number of aryl methyl sites for hydroxylation is 1. The maximum atomic E-state index is 12.8. The Morgan fingerprint density at radius 3 is 2.44 bits per heavy atom. The van der Waals surface area contributed by atoms with Crippen LogP contribution in [0.25, 0.3) is 0 Å². The highest BCUT2D eigenvalue weighted by Crippen LogP contribution is 2.29. The molecule has 0 aliphatic carbocycles. The van der Waals surface area contributed by atoms with Gasteiger partial charge in [-0.3, -0.25) is 14.2 Å². The maximum absolute atomic E-state index is 12.8. The molecule has 0 atom stereocenters. The summed E-state index contributed by atoms with van der Waals surface area (Å²) in [6.45, 7) is 0.370. The van der Waals surface area contributed by atoms with Crippen molar-refractivity contribution in [3.05, 3.63) is 63.5 Å². The smallest absolute Gasteiger partial charge is 0.302 e. The second-order valence-corrected chi connectivity index (χ2v) is 6.48. The van der Waals surface area contributed by atoms with Crippen molar-refractivity contribution < 1.29 is 18.0 Å². The third-order valence-electron chi connectivity index (χ3n) is 3.61. The highest BCUT2D eigenvalue weighted by atomic mass is 35.5. The molecule has 0 unspecified atom stereocenters. The van der Waals surface area contributed by atoms with Crippen LogP contribution in [-0.2, 0) is 19.8 Å². The van der Waals surface area contributed by atoms with Crippen molar-refractivity contribution in [3.8, 4) is 0 Å². The molecule has 11 heteroatoms. The Kier molecular flexibility index (Phi) is 5.16. The molecule has 0 spiro atoms. The first-order chi connectivity index (χ1) is 12.6. The molecule has 0 bridgehead atoms. The number of benzene rings is 1. The Balaban J connectivity index is 1.75. The summed E-state index contributed by atoms with van der Waals surface area (Å²) in [4.78, 5) is 12.2. The van der Waals surface area contributed by atoms with Crippen LogP contribution < -0.4 is 5.32 Å². The third kappa shape index (κ3) is 4.42. The molecule has 3 aromatic rings. The lowest BCUT2D eigenvalue weighted by Gasteiger charge is -2.04. The molecule has 1 aromatic carbocycles. The Bertz CT molecular complexity index is 979. The number of amides is 1. The third-order valence-corrected chi connectivity index (χ3v) is 4.14. The van der Waals surface area contributed by atoms with Gasteiger partial charge < -0.3 is 5.32 Å². The van der Waals surface area contributed by atoms with E-state index in [1.54, 1.807) is 12.1 Å². The van der Waals surface area contributed by atoms with Crippen LogP contribution in [0.2, 0.25) is 10.0 Å². The van der Waals surface area contributed by atoms with Gasteiger partial charge in [0.15, 0.2) is 11.5 Å². The van der Waals surface area contributed by atoms with Gasteiger partial charge in [0.05, 0.1) is 6.54 Å². The minimum Gasteiger partial charge on any atom is -0.302 e. The fourth-order valence-corrected chi connectivity index (χ4v) is 2.68. The number of alkyl halides is 3. The molecule has 2 aromatic heterocycles. The maximum Gasteiger partial charge on any atom is 0.433 e. The standard InChI is InChI=1S/C16H12Cl2F3N5O/c1-25-13(16(19,20)21)6-12(23-25)15(27)22-14-11(18)8-26(24-14)7-9-2-4-10(17)5-3-9/h2-6,8H,7H2,1H3,(H,22,24,27). The van der Waals surface area contributed by atoms with E-state index in [0.717, 1.165) is 12.6 Å². The van der Waals surface area contributed by atoms with Crippen LogP contribution in [0.1, 0.15) is 21.7 Å². The van der Waals surface area contributed by atoms with Crippen molar-refractivity contribution >= 4 is 34.9 Å². The SMILES string of the molecule is Cn1nc(C(=O)Nc2nn(Cc3ccc(Cl)cc3)cc2Cl)cc1C(F)(F)F. The van der Waals surface area contributed by atoms with Crippen LogP contribution in [0.5, 0.6) is 0 Å². The van der Waals surface area contributed by atoms with E-state index in [2.05, 4.69) is 15.5 Å². The first-order valence-corrected chi connectivity index (χ1v) is 8.29. The van der Waals surface area contributed by atoms with E-state index in [1.807, 2.05) is 12.1 Å². The molecule has 0 radical (unpaired) electrons. The Morgan fingerprint density at radius 1 is 1.19 bits per heavy atom. The highest BCUT2D eigenvalue weighted by Gasteiger charge is 2.35. The van der Waals surface area contributed by atoms with Gasteiger partial charge >= 0.3 is 6.18 Å². The molecule has 3 rings (SSSR count). The summed E-state index contributed by atoms with van der Waals surface area (Å²) in [5.41, 5.74) is -0.531. The van der Waals surface area contributed by atoms with Crippen molar-refractivity contribution in [2.24, 2.45) is 7.05 Å². The van der Waals surface area contributed by atoms with Crippen LogP contribution in [0.15, 0.2) is 36.5 Å². The first kappa shape index (κ1) is 19.2. The van der Waals surface area contributed by atoms with E-state index in [-0.39, 0.29) is 10.8 Å². The van der Waals surface area contributed by atoms with Crippen molar-refractivity contribution in [2.45, 2.75) is 12.7 Å². The van der Waals surface area contributed by atoms with E-state index < -0.39 is 23.5 Å². The fourth-order valence-electron chi connectivity index (χ4n) is 2.35. The zero-order valence-corrected chi connectivity index (χ0v) is 15.3. The number of anilines is 1. The fraction of sp³-hybridized carbons (Fsp3) is 0.188. The van der Waals surface area contributed by atoms with Gasteiger partial charge in [-0.25, -0.2) is 0 Å². The molecule has 27 heavy (non-hydrogen) atoms. The van der Waals surface area contributed by atoms with Crippen LogP contribution in [-0.4, -0.2) is 25.5 Å². The van der Waals surface area contributed by atoms with Crippen molar-refractivity contribution in [3.63, 3.8) is 0 Å². The van der Waals surface area contributed by atoms with Gasteiger partial charge in [-0.15, -0.1) is 0 Å². The molecule has 0 fully saturated rings. The first-order valence-electron chi connectivity index (χ1n) is 7.53. The summed E-state index contributed by atoms with van der Waals surface area (Å²) in [5, 5.41) is 10.8. The zero-order chi connectivity index (χ0) is 19.8. The Hall–Kier alpha value is -2.52. The second kappa shape index (κ2) is 7.24. The number of hydrogen-bond donors (Lipinski definition) is 1. The minimum atomic E-state index is -4.61. The predicted octanol–water partition coefficient (Wildman–Crippen LogP) is 4.24. The molecule has 1 N–H and O–H groups in total. The van der Waals surface area contributed by atoms with Gasteiger partial charge in [0.2, 0.25) is 0 Å². The molecule has 6 nitrogen and oxygen atoms in total. The number of rotatable bonds is 4. The molecule has 2 heterocycles. The average Bonchev–Trinajstić information content (AvgIpc) is 3.12. The van der Waals surface area contributed by atoms with Gasteiger partial charge in [-0.05, 0) is 17.7 Å². The lowest BCUT2D eigenvalue weighted by Crippen LogP contribution is -2.14. The average molecular weight is 418 g/mol. The van der Waals surface area contributed by atoms with Crippen LogP contribution in [0, 0.1) is 0 Å². The molecular formula is C16H12Cl2F3N5O. The summed E-state index contributed by atoms with van der Waals surface area (Å²) in [6.07, 6.45) is -3.12. The van der Waals surface area contributed by atoms with Gasteiger partial charge in [0.1, 0.15) is 10.7 Å². The summed E-state index contributed by atoms with van der Waals surface area (Å²) in [5.74, 6) is -0.824. The monoisotopic (exact) mass is 417 g/mol. The molecule has 0 saturated carbocycles. The van der Waals surface area contributed by atoms with Crippen LogP contribution >= 0.6 is 23.2 Å². The molecule has 142 valence electrons. The number of halogens is 5. The molecular weight excluding hydrogens is 406 g/mol. The number of nitrogens with zero attached hydrogens (tertiary/aromatic N) is 4. The van der Waals surface area contributed by atoms with E-state index in [9.17, 15) is 18.0 Å². The Morgan fingerprint density at radius 2 is 1.85 bits per heavy atom.